The third-order valence-corrected chi connectivity index (χ3v) is 5.04. The van der Waals surface area contributed by atoms with Gasteiger partial charge in [-0.25, -0.2) is 4.98 Å². The summed E-state index contributed by atoms with van der Waals surface area (Å²) in [6, 6.07) is 5.84. The molecule has 0 aliphatic carbocycles. The van der Waals surface area contributed by atoms with E-state index in [0.717, 1.165) is 61.4 Å². The number of nitrogens with zero attached hydrogens (tertiary/aromatic N) is 3. The maximum absolute atomic E-state index is 12.1. The molecule has 1 fully saturated rings. The molecule has 1 aromatic carbocycles. The van der Waals surface area contributed by atoms with E-state index in [2.05, 4.69) is 9.47 Å². The number of benzene rings is 1. The van der Waals surface area contributed by atoms with Crippen LogP contribution in [0.4, 0.5) is 5.95 Å². The Labute approximate surface area is 129 Å². The second-order valence-corrected chi connectivity index (χ2v) is 6.35. The van der Waals surface area contributed by atoms with E-state index in [0.29, 0.717) is 12.3 Å². The van der Waals surface area contributed by atoms with Crippen LogP contribution in [0.2, 0.25) is 0 Å². The van der Waals surface area contributed by atoms with E-state index < -0.39 is 0 Å². The summed E-state index contributed by atoms with van der Waals surface area (Å²) in [4.78, 5) is 19.2. The van der Waals surface area contributed by atoms with Crippen LogP contribution in [0.5, 0.6) is 0 Å². The quantitative estimate of drug-likeness (QED) is 0.944. The number of aliphatic hydroxyl groups is 1. The molecule has 5 heteroatoms. The van der Waals surface area contributed by atoms with Crippen LogP contribution in [0.1, 0.15) is 36.0 Å². The number of rotatable bonds is 3. The van der Waals surface area contributed by atoms with Crippen molar-refractivity contribution in [2.45, 2.75) is 32.2 Å². The van der Waals surface area contributed by atoms with Gasteiger partial charge in [-0.2, -0.15) is 0 Å². The van der Waals surface area contributed by atoms with Crippen molar-refractivity contribution in [2.75, 3.05) is 24.6 Å². The van der Waals surface area contributed by atoms with Crippen molar-refractivity contribution in [3.63, 3.8) is 0 Å². The summed E-state index contributed by atoms with van der Waals surface area (Å²) in [5.74, 6) is 1.87. The molecule has 0 bridgehead atoms. The molecule has 2 aliphatic rings. The largest absolute Gasteiger partial charge is 0.396 e. The number of aryl methyl sites for hydroxylation is 1. The fourth-order valence-electron chi connectivity index (χ4n) is 3.80. The number of hydrogen-bond acceptors (Lipinski definition) is 4. The first-order valence-corrected chi connectivity index (χ1v) is 8.16. The van der Waals surface area contributed by atoms with Gasteiger partial charge in [0.1, 0.15) is 0 Å². The lowest BCUT2D eigenvalue weighted by Crippen LogP contribution is -2.36. The third kappa shape index (κ3) is 2.11. The molecule has 2 aliphatic heterocycles. The molecule has 22 heavy (non-hydrogen) atoms. The number of para-hydroxylation sites is 1. The maximum atomic E-state index is 12.1. The van der Waals surface area contributed by atoms with E-state index in [9.17, 15) is 4.79 Å². The summed E-state index contributed by atoms with van der Waals surface area (Å²) in [6.45, 7) is 2.99. The Hall–Kier alpha value is -1.88. The van der Waals surface area contributed by atoms with Gasteiger partial charge in [0.25, 0.3) is 0 Å². The smallest absolute Gasteiger partial charge is 0.206 e. The molecular formula is C17H21N3O2. The normalized spacial score (nSPS) is 19.1. The van der Waals surface area contributed by atoms with Crippen LogP contribution in [-0.2, 0) is 6.54 Å². The van der Waals surface area contributed by atoms with Gasteiger partial charge >= 0.3 is 0 Å². The Kier molecular flexibility index (Phi) is 3.37. The number of ketones is 1. The Bertz CT molecular complexity index is 714. The number of anilines is 1. The highest BCUT2D eigenvalue weighted by atomic mass is 16.3. The molecule has 1 aromatic heterocycles. The summed E-state index contributed by atoms with van der Waals surface area (Å²) >= 11 is 0. The molecule has 1 N–H and O–H groups in total. The highest BCUT2D eigenvalue weighted by molar-refractivity contribution is 6.08. The number of imidazole rings is 1. The Balaban J connectivity index is 1.68. The van der Waals surface area contributed by atoms with E-state index in [1.165, 1.54) is 0 Å². The van der Waals surface area contributed by atoms with Crippen LogP contribution in [0.25, 0.3) is 11.0 Å². The van der Waals surface area contributed by atoms with Crippen LogP contribution in [0, 0.1) is 5.92 Å². The number of aromatic nitrogens is 2. The fraction of sp³-hybridized carbons (Fsp3) is 0.529. The van der Waals surface area contributed by atoms with Gasteiger partial charge in [-0.3, -0.25) is 4.79 Å². The van der Waals surface area contributed by atoms with Gasteiger partial charge in [0, 0.05) is 38.2 Å². The number of carbonyl (C=O) groups is 1. The Morgan fingerprint density at radius 2 is 2.05 bits per heavy atom. The lowest BCUT2D eigenvalue weighted by Gasteiger charge is -2.33. The van der Waals surface area contributed by atoms with Gasteiger partial charge < -0.3 is 14.6 Å². The summed E-state index contributed by atoms with van der Waals surface area (Å²) in [5, 5.41) is 9.08. The maximum Gasteiger partial charge on any atom is 0.206 e. The summed E-state index contributed by atoms with van der Waals surface area (Å²) < 4.78 is 2.22. The average molecular weight is 299 g/mol. The predicted octanol–water partition coefficient (Wildman–Crippen LogP) is 2.22. The second kappa shape index (κ2) is 5.39. The molecule has 4 rings (SSSR count). The SMILES string of the molecule is O=C1CCn2c(N3CCC(CCO)CC3)nc3cccc1c32. The van der Waals surface area contributed by atoms with Crippen molar-refractivity contribution in [3.05, 3.63) is 23.8 Å². The first kappa shape index (κ1) is 13.8. The zero-order valence-electron chi connectivity index (χ0n) is 12.7. The lowest BCUT2D eigenvalue weighted by atomic mass is 9.94. The van der Waals surface area contributed by atoms with Crippen LogP contribution < -0.4 is 4.90 Å². The Morgan fingerprint density at radius 3 is 2.82 bits per heavy atom. The molecule has 0 spiro atoms. The van der Waals surface area contributed by atoms with Crippen molar-refractivity contribution in [1.82, 2.24) is 9.55 Å². The van der Waals surface area contributed by atoms with Crippen molar-refractivity contribution >= 4 is 22.8 Å². The Morgan fingerprint density at radius 1 is 1.23 bits per heavy atom. The molecular weight excluding hydrogens is 278 g/mol. The fourth-order valence-corrected chi connectivity index (χ4v) is 3.80. The van der Waals surface area contributed by atoms with Gasteiger partial charge in [0.05, 0.1) is 11.0 Å². The minimum atomic E-state index is 0.228. The molecule has 116 valence electrons. The molecule has 0 saturated carbocycles. The van der Waals surface area contributed by atoms with Gasteiger partial charge in [-0.05, 0) is 37.3 Å². The average Bonchev–Trinajstić information content (AvgIpc) is 2.92. The second-order valence-electron chi connectivity index (χ2n) is 6.35. The standard InChI is InChI=1S/C17H21N3O2/c21-11-7-12-4-8-19(9-5-12)17-18-14-3-1-2-13-15(22)6-10-20(17)16(13)14/h1-3,12,21H,4-11H2. The topological polar surface area (TPSA) is 58.4 Å². The number of hydrogen-bond donors (Lipinski definition) is 1. The van der Waals surface area contributed by atoms with Gasteiger partial charge in [0.15, 0.2) is 5.78 Å². The minimum Gasteiger partial charge on any atom is -0.396 e. The number of aliphatic hydroxyl groups excluding tert-OH is 1. The van der Waals surface area contributed by atoms with Gasteiger partial charge in [-0.1, -0.05) is 6.07 Å². The monoisotopic (exact) mass is 299 g/mol. The lowest BCUT2D eigenvalue weighted by molar-refractivity contribution is 0.0973. The summed E-state index contributed by atoms with van der Waals surface area (Å²) in [5.41, 5.74) is 2.75. The van der Waals surface area contributed by atoms with Crippen molar-refractivity contribution < 1.29 is 9.90 Å². The highest BCUT2D eigenvalue weighted by Gasteiger charge is 2.27. The first-order valence-electron chi connectivity index (χ1n) is 8.16. The first-order chi connectivity index (χ1) is 10.8. The number of Topliss-reactive ketones (excluding diaryl/α,β-unsaturated/α-hetero) is 1. The molecule has 2 aromatic rings. The molecule has 5 nitrogen and oxygen atoms in total. The molecule has 1 saturated heterocycles. The number of carbonyl (C=O) groups excluding carboxylic acids is 1. The van der Waals surface area contributed by atoms with Crippen molar-refractivity contribution in [3.8, 4) is 0 Å². The molecule has 3 heterocycles. The molecule has 0 unspecified atom stereocenters. The molecule has 0 amide bonds. The molecule has 0 radical (unpaired) electrons. The van der Waals surface area contributed by atoms with E-state index >= 15 is 0 Å². The van der Waals surface area contributed by atoms with Crippen LogP contribution in [0.15, 0.2) is 18.2 Å². The van der Waals surface area contributed by atoms with Crippen molar-refractivity contribution in [2.24, 2.45) is 5.92 Å². The van der Waals surface area contributed by atoms with E-state index in [-0.39, 0.29) is 12.4 Å². The van der Waals surface area contributed by atoms with E-state index in [4.69, 9.17) is 10.1 Å². The minimum absolute atomic E-state index is 0.228. The van der Waals surface area contributed by atoms with E-state index in [1.807, 2.05) is 18.2 Å². The van der Waals surface area contributed by atoms with E-state index in [1.54, 1.807) is 0 Å². The van der Waals surface area contributed by atoms with Crippen LogP contribution >= 0.6 is 0 Å². The van der Waals surface area contributed by atoms with Crippen molar-refractivity contribution in [1.29, 1.82) is 0 Å². The highest BCUT2D eigenvalue weighted by Crippen LogP contribution is 2.32. The van der Waals surface area contributed by atoms with Gasteiger partial charge in [0.2, 0.25) is 5.95 Å². The van der Waals surface area contributed by atoms with Gasteiger partial charge in [-0.15, -0.1) is 0 Å². The number of piperidine rings is 1. The summed E-state index contributed by atoms with van der Waals surface area (Å²) in [7, 11) is 0. The predicted molar refractivity (Wildman–Crippen MR) is 85.3 cm³/mol. The van der Waals surface area contributed by atoms with Crippen LogP contribution in [-0.4, -0.2) is 40.1 Å². The summed E-state index contributed by atoms with van der Waals surface area (Å²) in [6.07, 6.45) is 3.68. The zero-order valence-corrected chi connectivity index (χ0v) is 12.7. The van der Waals surface area contributed by atoms with Crippen LogP contribution in [0.3, 0.4) is 0 Å². The molecule has 0 atom stereocenters. The zero-order chi connectivity index (χ0) is 15.1. The third-order valence-electron chi connectivity index (χ3n) is 5.04.